The van der Waals surface area contributed by atoms with Gasteiger partial charge in [-0.3, -0.25) is 0 Å². The van der Waals surface area contributed by atoms with E-state index in [2.05, 4.69) is 66.8 Å². The normalized spacial score (nSPS) is 15.5. The molecule has 1 aromatic carbocycles. The Kier molecular flexibility index (Phi) is 6.43. The average Bonchev–Trinajstić information content (AvgIpc) is 3.15. The first-order chi connectivity index (χ1) is 9.86. The van der Waals surface area contributed by atoms with Gasteiger partial charge in [-0.15, -0.1) is 6.61 Å². The van der Waals surface area contributed by atoms with Crippen LogP contribution in [0.15, 0.2) is 73.3 Å². The van der Waals surface area contributed by atoms with Gasteiger partial charge < -0.3 is 5.11 Å². The molecule has 102 valence electrons. The van der Waals surface area contributed by atoms with Gasteiger partial charge >= 0.3 is 111 Å². The summed E-state index contributed by atoms with van der Waals surface area (Å²) in [4.78, 5) is 0. The van der Waals surface area contributed by atoms with E-state index in [4.69, 9.17) is 5.11 Å². The fourth-order valence-electron chi connectivity index (χ4n) is 2.45. The van der Waals surface area contributed by atoms with E-state index in [-0.39, 0.29) is 6.61 Å². The van der Waals surface area contributed by atoms with Gasteiger partial charge in [0.15, 0.2) is 0 Å². The fourth-order valence-corrected chi connectivity index (χ4v) is 9.45. The third kappa shape index (κ3) is 4.01. The minimum Gasteiger partial charge on any atom is -0.855 e. The molecule has 0 fully saturated rings. The number of rotatable bonds is 3. The van der Waals surface area contributed by atoms with Crippen molar-refractivity contribution in [1.82, 2.24) is 0 Å². The molecule has 0 aromatic heterocycles. The second-order valence-corrected chi connectivity index (χ2v) is 11.1. The van der Waals surface area contributed by atoms with Crippen LogP contribution in [-0.4, -0.2) is 6.61 Å². The molecule has 0 N–H and O–H groups in total. The SMILES string of the molecule is C1=CC[C]([Zr+]([C]2=CC=CC2)[c]2ccccc2)=C1.CC[O-]. The monoisotopic (exact) mass is 342 g/mol. The maximum atomic E-state index is 8.93. The van der Waals surface area contributed by atoms with Crippen molar-refractivity contribution >= 4 is 3.27 Å². The van der Waals surface area contributed by atoms with E-state index in [0.717, 1.165) is 0 Å². The summed E-state index contributed by atoms with van der Waals surface area (Å²) in [5.41, 5.74) is 0. The van der Waals surface area contributed by atoms with Crippen molar-refractivity contribution in [2.75, 3.05) is 6.61 Å². The molecule has 3 rings (SSSR count). The van der Waals surface area contributed by atoms with Crippen molar-refractivity contribution in [1.29, 1.82) is 0 Å². The summed E-state index contributed by atoms with van der Waals surface area (Å²) in [6.07, 6.45) is 16.1. The Morgan fingerprint density at radius 3 is 1.85 bits per heavy atom. The van der Waals surface area contributed by atoms with Gasteiger partial charge in [-0.1, -0.05) is 6.92 Å². The van der Waals surface area contributed by atoms with Crippen LogP contribution >= 0.6 is 0 Å². The van der Waals surface area contributed by atoms with Crippen LogP contribution in [0.5, 0.6) is 0 Å². The summed E-state index contributed by atoms with van der Waals surface area (Å²) in [5.74, 6) is 0. The van der Waals surface area contributed by atoms with Crippen LogP contribution in [0.3, 0.4) is 0 Å². The average molecular weight is 344 g/mol. The van der Waals surface area contributed by atoms with E-state index in [0.29, 0.717) is 0 Å². The molecule has 0 amide bonds. The van der Waals surface area contributed by atoms with Gasteiger partial charge in [0.2, 0.25) is 0 Å². The maximum Gasteiger partial charge on any atom is -0.0809 e. The molecule has 0 bridgehead atoms. The van der Waals surface area contributed by atoms with Crippen LogP contribution in [0.2, 0.25) is 0 Å². The van der Waals surface area contributed by atoms with E-state index in [1.165, 1.54) is 12.8 Å². The molecule has 0 aliphatic heterocycles. The van der Waals surface area contributed by atoms with Gasteiger partial charge in [-0.25, -0.2) is 0 Å². The molecule has 2 aliphatic rings. The summed E-state index contributed by atoms with van der Waals surface area (Å²) >= 11 is -1.75. The minimum atomic E-state index is -1.75. The molecule has 2 aliphatic carbocycles. The molecule has 0 spiro atoms. The smallest absolute Gasteiger partial charge is 0.0809 e. The van der Waals surface area contributed by atoms with Crippen molar-refractivity contribution < 1.29 is 26.9 Å². The van der Waals surface area contributed by atoms with Crippen LogP contribution < -0.4 is 8.38 Å². The molecular formula is C18H20OZr. The first-order valence-corrected chi connectivity index (χ1v) is 10.8. The molecule has 0 unspecified atom stereocenters. The van der Waals surface area contributed by atoms with Crippen molar-refractivity contribution in [3.8, 4) is 0 Å². The Balaban J connectivity index is 0.000000452. The zero-order valence-electron chi connectivity index (χ0n) is 11.9. The summed E-state index contributed by atoms with van der Waals surface area (Å²) < 4.78 is 5.04. The minimum absolute atomic E-state index is 0. The Labute approximate surface area is 129 Å². The Morgan fingerprint density at radius 1 is 0.950 bits per heavy atom. The van der Waals surface area contributed by atoms with E-state index >= 15 is 0 Å². The third-order valence-corrected chi connectivity index (χ3v) is 10.5. The predicted molar refractivity (Wildman–Crippen MR) is 80.3 cm³/mol. The van der Waals surface area contributed by atoms with Crippen LogP contribution in [0, 0.1) is 0 Å². The third-order valence-electron chi connectivity index (χ3n) is 3.25. The molecule has 1 nitrogen and oxygen atoms in total. The number of hydrogen-bond donors (Lipinski definition) is 0. The predicted octanol–water partition coefficient (Wildman–Crippen LogP) is 2.98. The molecule has 0 radical (unpaired) electrons. The number of allylic oxidation sites excluding steroid dienone is 8. The van der Waals surface area contributed by atoms with Crippen molar-refractivity contribution in [3.63, 3.8) is 0 Å². The summed E-state index contributed by atoms with van der Waals surface area (Å²) in [5, 5.41) is 8.93. The van der Waals surface area contributed by atoms with Crippen LogP contribution in [0.4, 0.5) is 0 Å². The molecule has 0 saturated carbocycles. The number of benzene rings is 1. The molecule has 0 saturated heterocycles. The van der Waals surface area contributed by atoms with Crippen LogP contribution in [0.25, 0.3) is 0 Å². The van der Waals surface area contributed by atoms with Gasteiger partial charge in [0.1, 0.15) is 0 Å². The largest absolute Gasteiger partial charge is 0.855 e. The Bertz CT molecular complexity index is 508. The van der Waals surface area contributed by atoms with Gasteiger partial charge in [-0.05, 0) is 0 Å². The van der Waals surface area contributed by atoms with Crippen LogP contribution in [0.1, 0.15) is 19.8 Å². The van der Waals surface area contributed by atoms with Gasteiger partial charge in [0, 0.05) is 0 Å². The van der Waals surface area contributed by atoms with Crippen molar-refractivity contribution in [3.05, 3.63) is 73.3 Å². The van der Waals surface area contributed by atoms with Gasteiger partial charge in [0.25, 0.3) is 0 Å². The van der Waals surface area contributed by atoms with E-state index in [9.17, 15) is 0 Å². The first kappa shape index (κ1) is 15.4. The van der Waals surface area contributed by atoms with E-state index in [1.807, 2.05) is 0 Å². The van der Waals surface area contributed by atoms with Gasteiger partial charge in [0.05, 0.1) is 0 Å². The summed E-state index contributed by atoms with van der Waals surface area (Å²) in [6, 6.07) is 11.1. The standard InChI is InChI=1S/C6H5.2C5H5.C2H5O.Zr/c1-2-4-6-5-3-1;2*1-2-4-5-3-1;1-2-3;/h1-5H;2*1-3H,4H2;2H2,1H3;/q;;;-1;+1. The number of hydrogen-bond acceptors (Lipinski definition) is 1. The molecule has 1 aromatic rings. The van der Waals surface area contributed by atoms with Crippen LogP contribution in [-0.2, 0) is 21.8 Å². The molecule has 0 atom stereocenters. The van der Waals surface area contributed by atoms with E-state index in [1.54, 1.807) is 16.8 Å². The van der Waals surface area contributed by atoms with Crippen molar-refractivity contribution in [2.45, 2.75) is 19.8 Å². The maximum absolute atomic E-state index is 8.93. The van der Waals surface area contributed by atoms with Crippen molar-refractivity contribution in [2.24, 2.45) is 0 Å². The van der Waals surface area contributed by atoms with E-state index < -0.39 is 21.8 Å². The second-order valence-electron chi connectivity index (χ2n) is 4.68. The quantitative estimate of drug-likeness (QED) is 0.827. The molecule has 0 heterocycles. The Hall–Kier alpha value is -0.977. The molecule has 20 heavy (non-hydrogen) atoms. The Morgan fingerprint density at radius 2 is 1.45 bits per heavy atom. The zero-order chi connectivity index (χ0) is 14.2. The fraction of sp³-hybridized carbons (Fsp3) is 0.222. The molecule has 2 heteroatoms. The van der Waals surface area contributed by atoms with Gasteiger partial charge in [-0.2, -0.15) is 0 Å². The summed E-state index contributed by atoms with van der Waals surface area (Å²) in [6.45, 7) is 1.57. The second kappa shape index (κ2) is 8.34. The first-order valence-electron chi connectivity index (χ1n) is 7.09. The topological polar surface area (TPSA) is 23.1 Å². The summed E-state index contributed by atoms with van der Waals surface area (Å²) in [7, 11) is 0. The zero-order valence-corrected chi connectivity index (χ0v) is 14.3. The molecular weight excluding hydrogens is 323 g/mol.